The fraction of sp³-hybridized carbons (Fsp3) is 0.273. The fourth-order valence-corrected chi connectivity index (χ4v) is 3.56. The largest absolute Gasteiger partial charge is 0.481 e. The maximum absolute atomic E-state index is 11.5. The van der Waals surface area contributed by atoms with Crippen molar-refractivity contribution in [2.45, 2.75) is 26.7 Å². The van der Waals surface area contributed by atoms with Crippen LogP contribution < -0.4 is 4.74 Å². The maximum atomic E-state index is 11.5. The van der Waals surface area contributed by atoms with Crippen molar-refractivity contribution in [3.05, 3.63) is 68.8 Å². The summed E-state index contributed by atoms with van der Waals surface area (Å²) in [4.78, 5) is 16.3. The Bertz CT molecular complexity index is 1020. The van der Waals surface area contributed by atoms with Crippen LogP contribution in [0.3, 0.4) is 0 Å². The van der Waals surface area contributed by atoms with Crippen molar-refractivity contribution in [1.82, 2.24) is 4.98 Å². The van der Waals surface area contributed by atoms with Crippen molar-refractivity contribution in [1.29, 1.82) is 0 Å². The molecule has 0 saturated heterocycles. The molecule has 6 heteroatoms. The second kappa shape index (κ2) is 8.80. The number of methoxy groups -OCH3 is 1. The third-order valence-corrected chi connectivity index (χ3v) is 5.27. The van der Waals surface area contributed by atoms with E-state index in [2.05, 4.69) is 11.7 Å². The molecule has 0 bridgehead atoms. The summed E-state index contributed by atoms with van der Waals surface area (Å²) < 4.78 is 10.4. The van der Waals surface area contributed by atoms with Gasteiger partial charge in [0.25, 0.3) is 0 Å². The zero-order chi connectivity index (χ0) is 20.3. The van der Waals surface area contributed by atoms with Crippen molar-refractivity contribution < 1.29 is 14.3 Å². The van der Waals surface area contributed by atoms with Gasteiger partial charge in [-0.05, 0) is 60.7 Å². The number of aromatic nitrogens is 1. The Morgan fingerprint density at radius 3 is 2.46 bits per heavy atom. The molecule has 0 spiro atoms. The molecule has 3 rings (SSSR count). The number of ether oxygens (including phenoxy) is 2. The fourth-order valence-electron chi connectivity index (χ4n) is 3.24. The molecule has 0 unspecified atom stereocenters. The normalized spacial score (nSPS) is 10.9. The number of carbonyl (C=O) groups excluding carboxylic acids is 1. The Labute approximate surface area is 174 Å². The van der Waals surface area contributed by atoms with Gasteiger partial charge < -0.3 is 9.47 Å². The number of carbonyl (C=O) groups is 1. The van der Waals surface area contributed by atoms with Gasteiger partial charge in [0.05, 0.1) is 17.6 Å². The average molecular weight is 418 g/mol. The number of hydrogen-bond acceptors (Lipinski definition) is 4. The van der Waals surface area contributed by atoms with Crippen molar-refractivity contribution in [2.24, 2.45) is 0 Å². The molecule has 0 atom stereocenters. The number of nitrogens with zero attached hydrogens (tertiary/aromatic N) is 1. The number of aryl methyl sites for hydroxylation is 2. The molecule has 0 amide bonds. The molecule has 4 nitrogen and oxygen atoms in total. The summed E-state index contributed by atoms with van der Waals surface area (Å²) in [5, 5.41) is 2.08. The van der Waals surface area contributed by atoms with Gasteiger partial charge in [0.1, 0.15) is 5.75 Å². The van der Waals surface area contributed by atoms with Gasteiger partial charge in [-0.25, -0.2) is 4.79 Å². The van der Waals surface area contributed by atoms with Gasteiger partial charge in [0.2, 0.25) is 0 Å². The number of benzene rings is 2. The highest BCUT2D eigenvalue weighted by Crippen LogP contribution is 2.36. The molecule has 3 aromatic rings. The van der Waals surface area contributed by atoms with Crippen molar-refractivity contribution >= 4 is 40.1 Å². The van der Waals surface area contributed by atoms with Crippen LogP contribution in [-0.2, 0) is 22.4 Å². The summed E-state index contributed by atoms with van der Waals surface area (Å²) >= 11 is 12.4. The smallest absolute Gasteiger partial charge is 0.343 e. The molecule has 0 aliphatic rings. The van der Waals surface area contributed by atoms with Crippen LogP contribution >= 0.6 is 23.2 Å². The first-order chi connectivity index (χ1) is 13.4. The van der Waals surface area contributed by atoms with Crippen LogP contribution in [0.2, 0.25) is 10.0 Å². The van der Waals surface area contributed by atoms with Gasteiger partial charge in [-0.3, -0.25) is 4.98 Å². The standard InChI is InChI=1S/C22H21Cl2NO3/c1-4-18-16(11-14-5-7-15(23)8-6-14)13(2)21-19(28-12-20(26)27-3)10-9-17(24)22(21)25-18/h5-10H,4,11-12H2,1-3H3. The number of halogens is 2. The number of esters is 1. The maximum Gasteiger partial charge on any atom is 0.343 e. The second-order valence-electron chi connectivity index (χ2n) is 6.45. The van der Waals surface area contributed by atoms with Gasteiger partial charge in [0, 0.05) is 16.1 Å². The monoisotopic (exact) mass is 417 g/mol. The predicted octanol–water partition coefficient (Wildman–Crippen LogP) is 5.56. The number of fused-ring (bicyclic) bond motifs is 1. The minimum absolute atomic E-state index is 0.172. The predicted molar refractivity (Wildman–Crippen MR) is 113 cm³/mol. The Morgan fingerprint density at radius 1 is 1.11 bits per heavy atom. The lowest BCUT2D eigenvalue weighted by molar-refractivity contribution is -0.142. The van der Waals surface area contributed by atoms with Crippen molar-refractivity contribution in [3.8, 4) is 5.75 Å². The molecule has 146 valence electrons. The molecule has 2 aromatic carbocycles. The molecule has 0 fully saturated rings. The molecule has 0 aliphatic carbocycles. The Morgan fingerprint density at radius 2 is 1.82 bits per heavy atom. The van der Waals surface area contributed by atoms with E-state index in [1.54, 1.807) is 12.1 Å². The Kier molecular flexibility index (Phi) is 6.42. The first kappa shape index (κ1) is 20.4. The van der Waals surface area contributed by atoms with Crippen LogP contribution in [0.4, 0.5) is 0 Å². The molecular formula is C22H21Cl2NO3. The van der Waals surface area contributed by atoms with Crippen molar-refractivity contribution in [2.75, 3.05) is 13.7 Å². The van der Waals surface area contributed by atoms with E-state index in [4.69, 9.17) is 32.9 Å². The molecule has 0 aliphatic heterocycles. The molecule has 1 heterocycles. The summed E-state index contributed by atoms with van der Waals surface area (Å²) in [5.41, 5.74) is 4.98. The lowest BCUT2D eigenvalue weighted by Crippen LogP contribution is -2.13. The molecule has 0 N–H and O–H groups in total. The Hall–Kier alpha value is -2.30. The van der Waals surface area contributed by atoms with Gasteiger partial charge >= 0.3 is 5.97 Å². The minimum atomic E-state index is -0.444. The Balaban J connectivity index is 2.13. The summed E-state index contributed by atoms with van der Waals surface area (Å²) in [6.45, 7) is 3.94. The van der Waals surface area contributed by atoms with Gasteiger partial charge in [0.15, 0.2) is 6.61 Å². The molecule has 1 aromatic heterocycles. The lowest BCUT2D eigenvalue weighted by atomic mass is 9.94. The minimum Gasteiger partial charge on any atom is -0.481 e. The summed E-state index contributed by atoms with van der Waals surface area (Å²) in [6, 6.07) is 11.3. The number of hydrogen-bond donors (Lipinski definition) is 0. The lowest BCUT2D eigenvalue weighted by Gasteiger charge is -2.17. The van der Waals surface area contributed by atoms with Crippen molar-refractivity contribution in [3.63, 3.8) is 0 Å². The van der Waals surface area contributed by atoms with E-state index in [0.717, 1.165) is 40.6 Å². The van der Waals surface area contributed by atoms with Crippen LogP contribution in [0, 0.1) is 6.92 Å². The first-order valence-electron chi connectivity index (χ1n) is 8.99. The average Bonchev–Trinajstić information content (AvgIpc) is 2.70. The van der Waals surface area contributed by atoms with Crippen LogP contribution in [0.1, 0.15) is 29.3 Å². The molecule has 0 radical (unpaired) electrons. The van der Waals surface area contributed by atoms with E-state index >= 15 is 0 Å². The molecular weight excluding hydrogens is 397 g/mol. The molecule has 28 heavy (non-hydrogen) atoms. The van der Waals surface area contributed by atoms with E-state index in [-0.39, 0.29) is 6.61 Å². The second-order valence-corrected chi connectivity index (χ2v) is 7.30. The van der Waals surface area contributed by atoms with Gasteiger partial charge in [-0.2, -0.15) is 0 Å². The summed E-state index contributed by atoms with van der Waals surface area (Å²) in [6.07, 6.45) is 1.50. The zero-order valence-corrected chi connectivity index (χ0v) is 17.5. The number of pyridine rings is 1. The SMILES string of the molecule is CCc1nc2c(Cl)ccc(OCC(=O)OC)c2c(C)c1Cc1ccc(Cl)cc1. The summed E-state index contributed by atoms with van der Waals surface area (Å²) in [7, 11) is 1.33. The van der Waals surface area contributed by atoms with Crippen LogP contribution in [-0.4, -0.2) is 24.7 Å². The van der Waals surface area contributed by atoms with E-state index in [0.29, 0.717) is 21.3 Å². The van der Waals surface area contributed by atoms with Gasteiger partial charge in [-0.15, -0.1) is 0 Å². The quantitative estimate of drug-likeness (QED) is 0.492. The van der Waals surface area contributed by atoms with E-state index in [1.165, 1.54) is 7.11 Å². The van der Waals surface area contributed by atoms with E-state index in [1.807, 2.05) is 31.2 Å². The van der Waals surface area contributed by atoms with Crippen LogP contribution in [0.5, 0.6) is 5.75 Å². The first-order valence-corrected chi connectivity index (χ1v) is 9.74. The highest BCUT2D eigenvalue weighted by atomic mass is 35.5. The third-order valence-electron chi connectivity index (χ3n) is 4.72. The van der Waals surface area contributed by atoms with E-state index in [9.17, 15) is 4.79 Å². The van der Waals surface area contributed by atoms with E-state index < -0.39 is 5.97 Å². The van der Waals surface area contributed by atoms with Gasteiger partial charge in [-0.1, -0.05) is 42.3 Å². The topological polar surface area (TPSA) is 48.4 Å². The zero-order valence-electron chi connectivity index (χ0n) is 16.0. The molecule has 0 saturated carbocycles. The number of rotatable bonds is 6. The highest BCUT2D eigenvalue weighted by Gasteiger charge is 2.18. The third kappa shape index (κ3) is 4.23. The van der Waals surface area contributed by atoms with Crippen LogP contribution in [0.25, 0.3) is 10.9 Å². The van der Waals surface area contributed by atoms with Crippen LogP contribution in [0.15, 0.2) is 36.4 Å². The summed E-state index contributed by atoms with van der Waals surface area (Å²) in [5.74, 6) is 0.120. The highest BCUT2D eigenvalue weighted by molar-refractivity contribution is 6.35.